The van der Waals surface area contributed by atoms with E-state index < -0.39 is 0 Å². The number of hydrogen-bond acceptors (Lipinski definition) is 5. The molecule has 0 radical (unpaired) electrons. The molecule has 4 fully saturated rings. The Morgan fingerprint density at radius 3 is 2.30 bits per heavy atom. The van der Waals surface area contributed by atoms with Gasteiger partial charge < -0.3 is 11.1 Å². The fourth-order valence-electron chi connectivity index (χ4n) is 5.04. The van der Waals surface area contributed by atoms with Crippen LogP contribution in [0.1, 0.15) is 44.1 Å². The second-order valence-corrected chi connectivity index (χ2v) is 6.93. The number of nitrogens with zero attached hydrogens (tertiary/aromatic N) is 3. The van der Waals surface area contributed by atoms with Crippen molar-refractivity contribution < 1.29 is 0 Å². The Morgan fingerprint density at radius 2 is 1.80 bits per heavy atom. The van der Waals surface area contributed by atoms with Crippen LogP contribution in [0.2, 0.25) is 0 Å². The predicted molar refractivity (Wildman–Crippen MR) is 75.7 cm³/mol. The number of hydrogen-bond donors (Lipinski definition) is 2. The Bertz CT molecular complexity index is 553. The van der Waals surface area contributed by atoms with Crippen LogP contribution in [0.3, 0.4) is 0 Å². The van der Waals surface area contributed by atoms with Gasteiger partial charge in [0.2, 0.25) is 5.95 Å². The van der Waals surface area contributed by atoms with E-state index in [4.69, 9.17) is 11.0 Å². The van der Waals surface area contributed by atoms with Crippen LogP contribution in [0, 0.1) is 29.1 Å². The lowest BCUT2D eigenvalue weighted by atomic mass is 9.53. The Morgan fingerprint density at radius 1 is 1.20 bits per heavy atom. The molecule has 0 aromatic carbocycles. The zero-order valence-electron chi connectivity index (χ0n) is 11.5. The molecular formula is C15H19N5. The van der Waals surface area contributed by atoms with Crippen LogP contribution >= 0.6 is 0 Å². The minimum absolute atomic E-state index is 0.176. The van der Waals surface area contributed by atoms with E-state index >= 15 is 0 Å². The molecule has 0 aliphatic heterocycles. The van der Waals surface area contributed by atoms with Crippen molar-refractivity contribution in [1.29, 1.82) is 5.26 Å². The number of rotatable bonds is 2. The SMILES string of the molecule is N#Cc1cnc(NC23CC4CC(CC(C4)C2)C3)nc1N. The average Bonchev–Trinajstić information content (AvgIpc) is 2.36. The zero-order chi connectivity index (χ0) is 13.7. The Hall–Kier alpha value is -1.83. The summed E-state index contributed by atoms with van der Waals surface area (Å²) >= 11 is 0. The molecule has 0 saturated heterocycles. The molecule has 20 heavy (non-hydrogen) atoms. The maximum absolute atomic E-state index is 8.88. The second kappa shape index (κ2) is 4.08. The molecule has 4 bridgehead atoms. The highest BCUT2D eigenvalue weighted by Gasteiger charge is 2.51. The van der Waals surface area contributed by atoms with Gasteiger partial charge in [0, 0.05) is 5.54 Å². The molecular weight excluding hydrogens is 250 g/mol. The van der Waals surface area contributed by atoms with Crippen molar-refractivity contribution >= 4 is 11.8 Å². The predicted octanol–water partition coefficient (Wildman–Crippen LogP) is 2.31. The minimum atomic E-state index is 0.176. The first-order valence-corrected chi connectivity index (χ1v) is 7.46. The van der Waals surface area contributed by atoms with Crippen molar-refractivity contribution in [3.63, 3.8) is 0 Å². The average molecular weight is 269 g/mol. The minimum Gasteiger partial charge on any atom is -0.382 e. The van der Waals surface area contributed by atoms with Gasteiger partial charge in [0.1, 0.15) is 17.5 Å². The fraction of sp³-hybridized carbons (Fsp3) is 0.667. The molecule has 0 spiro atoms. The smallest absolute Gasteiger partial charge is 0.225 e. The molecule has 5 rings (SSSR count). The van der Waals surface area contributed by atoms with Gasteiger partial charge in [-0.15, -0.1) is 0 Å². The molecule has 0 atom stereocenters. The lowest BCUT2D eigenvalue weighted by Crippen LogP contribution is -2.55. The number of anilines is 2. The summed E-state index contributed by atoms with van der Waals surface area (Å²) in [6, 6.07) is 2.00. The summed E-state index contributed by atoms with van der Waals surface area (Å²) in [6.07, 6.45) is 9.48. The molecule has 0 amide bonds. The molecule has 0 unspecified atom stereocenters. The summed E-state index contributed by atoms with van der Waals surface area (Å²) in [5, 5.41) is 12.4. The van der Waals surface area contributed by atoms with Crippen molar-refractivity contribution in [3.05, 3.63) is 11.8 Å². The van der Waals surface area contributed by atoms with Gasteiger partial charge in [0.15, 0.2) is 0 Å². The van der Waals surface area contributed by atoms with Gasteiger partial charge in [0.25, 0.3) is 0 Å². The second-order valence-electron chi connectivity index (χ2n) is 6.93. The molecule has 1 heterocycles. The molecule has 4 aliphatic rings. The van der Waals surface area contributed by atoms with Crippen molar-refractivity contribution in [2.24, 2.45) is 17.8 Å². The van der Waals surface area contributed by atoms with Crippen LogP contribution < -0.4 is 11.1 Å². The molecule has 5 nitrogen and oxygen atoms in total. The lowest BCUT2D eigenvalue weighted by molar-refractivity contribution is 0.0103. The van der Waals surface area contributed by atoms with E-state index in [0.29, 0.717) is 11.5 Å². The van der Waals surface area contributed by atoms with Crippen molar-refractivity contribution in [2.75, 3.05) is 11.1 Å². The normalized spacial score (nSPS) is 37.6. The van der Waals surface area contributed by atoms with Gasteiger partial charge in [-0.25, -0.2) is 4.98 Å². The third-order valence-corrected chi connectivity index (χ3v) is 5.35. The standard InChI is InChI=1S/C15H19N5/c16-7-12-8-18-14(19-13(12)17)20-15-4-9-1-10(5-15)3-11(2-9)6-15/h8-11H,1-6H2,(H3,17,18,19,20). The van der Waals surface area contributed by atoms with Gasteiger partial charge in [0.05, 0.1) is 6.20 Å². The quantitative estimate of drug-likeness (QED) is 0.860. The van der Waals surface area contributed by atoms with E-state index in [1.54, 1.807) is 0 Å². The van der Waals surface area contributed by atoms with Crippen LogP contribution in [0.5, 0.6) is 0 Å². The number of nitrogens with two attached hydrogens (primary N) is 1. The summed E-state index contributed by atoms with van der Waals surface area (Å²) in [4.78, 5) is 8.51. The van der Waals surface area contributed by atoms with Crippen LogP contribution in [0.4, 0.5) is 11.8 Å². The van der Waals surface area contributed by atoms with E-state index in [2.05, 4.69) is 15.3 Å². The molecule has 1 aromatic rings. The summed E-state index contributed by atoms with van der Waals surface area (Å²) in [7, 11) is 0. The van der Waals surface area contributed by atoms with E-state index in [-0.39, 0.29) is 11.4 Å². The maximum atomic E-state index is 8.88. The maximum Gasteiger partial charge on any atom is 0.225 e. The third-order valence-electron chi connectivity index (χ3n) is 5.35. The number of nitriles is 1. The summed E-state index contributed by atoms with van der Waals surface area (Å²) < 4.78 is 0. The third kappa shape index (κ3) is 1.82. The van der Waals surface area contributed by atoms with Crippen LogP contribution in [0.25, 0.3) is 0 Å². The van der Waals surface area contributed by atoms with E-state index in [1.807, 2.05) is 6.07 Å². The van der Waals surface area contributed by atoms with Gasteiger partial charge >= 0.3 is 0 Å². The molecule has 3 N–H and O–H groups in total. The van der Waals surface area contributed by atoms with E-state index in [0.717, 1.165) is 17.8 Å². The van der Waals surface area contributed by atoms with Crippen molar-refractivity contribution in [3.8, 4) is 6.07 Å². The highest BCUT2D eigenvalue weighted by molar-refractivity contribution is 5.50. The van der Waals surface area contributed by atoms with Crippen LogP contribution in [0.15, 0.2) is 6.20 Å². The molecule has 4 saturated carbocycles. The van der Waals surface area contributed by atoms with E-state index in [1.165, 1.54) is 44.7 Å². The zero-order valence-corrected chi connectivity index (χ0v) is 11.5. The van der Waals surface area contributed by atoms with Gasteiger partial charge in [-0.2, -0.15) is 10.2 Å². The summed E-state index contributed by atoms with van der Waals surface area (Å²) in [6.45, 7) is 0. The van der Waals surface area contributed by atoms with E-state index in [9.17, 15) is 0 Å². The first-order chi connectivity index (χ1) is 9.66. The Balaban J connectivity index is 1.60. The lowest BCUT2D eigenvalue weighted by Gasteiger charge is -2.56. The Kier molecular flexibility index (Phi) is 2.44. The Labute approximate surface area is 118 Å². The summed E-state index contributed by atoms with van der Waals surface area (Å²) in [5.41, 5.74) is 6.31. The topological polar surface area (TPSA) is 87.6 Å². The van der Waals surface area contributed by atoms with Crippen LogP contribution in [-0.2, 0) is 0 Å². The largest absolute Gasteiger partial charge is 0.382 e. The molecule has 4 aliphatic carbocycles. The molecule has 104 valence electrons. The first kappa shape index (κ1) is 12.0. The highest BCUT2D eigenvalue weighted by Crippen LogP contribution is 2.56. The van der Waals surface area contributed by atoms with Crippen LogP contribution in [-0.4, -0.2) is 15.5 Å². The first-order valence-electron chi connectivity index (χ1n) is 7.46. The summed E-state index contributed by atoms with van der Waals surface area (Å²) in [5.74, 6) is 3.50. The van der Waals surface area contributed by atoms with Gasteiger partial charge in [-0.3, -0.25) is 0 Å². The number of nitrogen functional groups attached to an aromatic ring is 1. The van der Waals surface area contributed by atoms with Gasteiger partial charge in [-0.1, -0.05) is 0 Å². The monoisotopic (exact) mass is 269 g/mol. The number of aromatic nitrogens is 2. The van der Waals surface area contributed by atoms with Crippen molar-refractivity contribution in [2.45, 2.75) is 44.1 Å². The number of nitrogens with one attached hydrogen (secondary N) is 1. The molecule has 5 heteroatoms. The van der Waals surface area contributed by atoms with Gasteiger partial charge in [-0.05, 0) is 56.3 Å². The molecule has 1 aromatic heterocycles. The fourth-order valence-corrected chi connectivity index (χ4v) is 5.04. The highest BCUT2D eigenvalue weighted by atomic mass is 15.2. The van der Waals surface area contributed by atoms with Crippen molar-refractivity contribution in [1.82, 2.24) is 9.97 Å².